The topological polar surface area (TPSA) is 460 Å². The lowest BCUT2D eigenvalue weighted by Crippen LogP contribution is -2.50. The van der Waals surface area contributed by atoms with Gasteiger partial charge in [0.15, 0.2) is 35.1 Å². The van der Waals surface area contributed by atoms with Crippen LogP contribution < -0.4 is 55.7 Å². The molecule has 84 heavy (non-hydrogen) atoms. The molecule has 0 aliphatic rings. The number of carboxylic acid groups (broad SMARTS) is 1. The molecule has 0 saturated heterocycles. The average molecular weight is 1200 g/mol. The van der Waals surface area contributed by atoms with Gasteiger partial charge in [-0.25, -0.2) is 0 Å². The zero-order valence-electron chi connectivity index (χ0n) is 51.6. The van der Waals surface area contributed by atoms with E-state index >= 15 is 0 Å². The van der Waals surface area contributed by atoms with E-state index in [4.69, 9.17) is 39.5 Å². The van der Waals surface area contributed by atoms with Crippen LogP contribution in [0.3, 0.4) is 0 Å². The fraction of sp³-hybridized carbons (Fsp3) is 0.797. The summed E-state index contributed by atoms with van der Waals surface area (Å²) in [6, 6.07) is -3.11. The molecule has 0 rings (SSSR count). The molecule has 0 radical (unpaired) electrons. The number of carbonyl (C=O) groups is 10. The van der Waals surface area contributed by atoms with Crippen molar-refractivity contribution in [2.75, 3.05) is 32.8 Å². The molecular formula is C59H110N12O13. The normalized spacial score (nSPS) is 13.9. The number of aliphatic hydroxyl groups excluding tert-OH is 2. The molecule has 0 aromatic rings. The highest BCUT2D eigenvalue weighted by Gasteiger charge is 2.33. The largest absolute Gasteiger partial charge is 0.481 e. The van der Waals surface area contributed by atoms with E-state index < -0.39 is 102 Å². The average Bonchev–Trinajstić information content (AvgIpc) is 3.64. The number of Topliss-reactive ketones (excluding diaryl/α,β-unsaturated/α-hetero) is 4. The third-order valence-corrected chi connectivity index (χ3v) is 14.2. The van der Waals surface area contributed by atoms with Crippen molar-refractivity contribution < 1.29 is 63.3 Å². The van der Waals surface area contributed by atoms with Crippen molar-refractivity contribution in [3.63, 3.8) is 0 Å². The molecule has 0 heterocycles. The number of ketones is 4. The fourth-order valence-electron chi connectivity index (χ4n) is 9.23. The van der Waals surface area contributed by atoms with Crippen LogP contribution >= 0.6 is 0 Å². The minimum atomic E-state index is -1.16. The van der Waals surface area contributed by atoms with Gasteiger partial charge in [0.1, 0.15) is 6.04 Å². The van der Waals surface area contributed by atoms with Crippen LogP contribution in [0.5, 0.6) is 0 Å². The number of aliphatic imine (C=N–C) groups is 2. The molecule has 0 bridgehead atoms. The third-order valence-electron chi connectivity index (χ3n) is 14.2. The molecule has 0 fully saturated rings. The number of nitrogens with two attached hydrogens (primary N) is 6. The third kappa shape index (κ3) is 41.8. The zero-order valence-corrected chi connectivity index (χ0v) is 51.6. The van der Waals surface area contributed by atoms with Crippen molar-refractivity contribution >= 4 is 70.6 Å². The predicted molar refractivity (Wildman–Crippen MR) is 325 cm³/mol. The maximum Gasteiger partial charge on any atom is 0.304 e. The van der Waals surface area contributed by atoms with E-state index in [9.17, 15) is 58.2 Å². The van der Waals surface area contributed by atoms with E-state index in [0.29, 0.717) is 51.5 Å². The number of hydrogen-bond acceptors (Lipinski definition) is 15. The lowest BCUT2D eigenvalue weighted by Gasteiger charge is -2.26. The van der Waals surface area contributed by atoms with Crippen molar-refractivity contribution in [2.45, 2.75) is 239 Å². The van der Waals surface area contributed by atoms with E-state index in [-0.39, 0.29) is 93.5 Å². The first kappa shape index (κ1) is 80.0. The van der Waals surface area contributed by atoms with Crippen LogP contribution in [0.2, 0.25) is 0 Å². The van der Waals surface area contributed by atoms with E-state index in [1.54, 1.807) is 6.92 Å². The van der Waals surface area contributed by atoms with Gasteiger partial charge in [-0.3, -0.25) is 57.9 Å². The summed E-state index contributed by atoms with van der Waals surface area (Å²) < 4.78 is 0. The number of aliphatic carboxylic acids is 1. The molecule has 0 aromatic carbocycles. The van der Waals surface area contributed by atoms with Crippen LogP contribution in [-0.4, -0.2) is 143 Å². The number of rotatable bonds is 51. The number of guanidine groups is 2. The molecule has 0 unspecified atom stereocenters. The Labute approximate surface area is 499 Å². The van der Waals surface area contributed by atoms with Crippen molar-refractivity contribution in [1.29, 1.82) is 0 Å². The molecular weight excluding hydrogens is 1080 g/mol. The second kappa shape index (κ2) is 49.2. The fourth-order valence-corrected chi connectivity index (χ4v) is 9.23. The first-order chi connectivity index (χ1) is 39.7. The van der Waals surface area contributed by atoms with Gasteiger partial charge in [-0.05, 0) is 70.8 Å². The molecule has 25 nitrogen and oxygen atoms in total. The maximum absolute atomic E-state index is 13.7. The lowest BCUT2D eigenvalue weighted by molar-refractivity contribution is -0.141. The Morgan fingerprint density at radius 1 is 0.524 bits per heavy atom. The smallest absolute Gasteiger partial charge is 0.304 e. The van der Waals surface area contributed by atoms with E-state index in [0.717, 1.165) is 19.3 Å². The Morgan fingerprint density at radius 3 is 1.43 bits per heavy atom. The van der Waals surface area contributed by atoms with Gasteiger partial charge in [0.25, 0.3) is 0 Å². The van der Waals surface area contributed by atoms with Crippen molar-refractivity contribution in [1.82, 2.24) is 21.3 Å². The van der Waals surface area contributed by atoms with Gasteiger partial charge in [-0.1, -0.05) is 118 Å². The SMILES string of the molecule is CC(C)C[C@H](CC(=O)[C@H](CCCN=C(N)N)NC(=O)[C@@H](C)CC(=O)O)C(=O)N[C@@H](CCCN=C(N)N)C(=O)C[C@@H](CCCCN)C(N)=O.CCCCCCCCCCCCCCCC(=O)NCC(=O)C[C@@H](CO)C(=O)N[C@H](C(=O)CC)[C@@H](C)O. The highest BCUT2D eigenvalue weighted by atomic mass is 16.4. The highest BCUT2D eigenvalue weighted by Crippen LogP contribution is 2.22. The summed E-state index contributed by atoms with van der Waals surface area (Å²) in [4.78, 5) is 133. The molecule has 8 atom stereocenters. The standard InChI is InChI=1S/C31H58N10O7.C28H52N2O6/c1-18(2)14-21(17-25(43)22(9-6-12-38-30(34)35)40-28(47)19(3)15-26(44)45)29(48)41-23(10-7-13-39-31(36)37)24(42)16-20(27(33)46)8-4-5-11-32;1-4-6-7-8-9-10-11-12-13-14-15-16-17-18-26(35)29-20-24(33)19-23(21-31)28(36)30-27(22(3)32)25(34)5-2/h18-23H,4-17,32H2,1-3H3,(H2,33,46)(H,40,47)(H,41,48)(H,44,45)(H4,34,35,38)(H4,36,37,39);22-23,27,31-32H,4-21H2,1-3H3,(H,29,35)(H,30,36)/t19-,20+,21+,22-,23-;22-,23+,27+/m01/s1. The van der Waals surface area contributed by atoms with Gasteiger partial charge in [0.2, 0.25) is 29.5 Å². The van der Waals surface area contributed by atoms with Crippen LogP contribution in [0.1, 0.15) is 215 Å². The first-order valence-electron chi connectivity index (χ1n) is 30.6. The van der Waals surface area contributed by atoms with E-state index in [1.807, 2.05) is 13.8 Å². The Morgan fingerprint density at radius 2 is 1.00 bits per heavy atom. The zero-order chi connectivity index (χ0) is 64.0. The minimum Gasteiger partial charge on any atom is -0.481 e. The van der Waals surface area contributed by atoms with Crippen LogP contribution in [0.15, 0.2) is 9.98 Å². The maximum atomic E-state index is 13.7. The molecule has 0 aliphatic heterocycles. The molecule has 0 aliphatic carbocycles. The van der Waals surface area contributed by atoms with Gasteiger partial charge in [-0.15, -0.1) is 0 Å². The van der Waals surface area contributed by atoms with Gasteiger partial charge in [-0.2, -0.15) is 0 Å². The van der Waals surface area contributed by atoms with E-state index in [1.165, 1.54) is 78.1 Å². The molecule has 25 heteroatoms. The van der Waals surface area contributed by atoms with Crippen molar-refractivity contribution in [3.05, 3.63) is 0 Å². The summed E-state index contributed by atoms with van der Waals surface area (Å²) >= 11 is 0. The molecule has 0 aromatic heterocycles. The highest BCUT2D eigenvalue weighted by molar-refractivity contribution is 5.96. The number of hydrogen-bond donors (Lipinski definition) is 13. The number of amides is 5. The summed E-state index contributed by atoms with van der Waals surface area (Å²) in [5, 5.41) is 38.8. The molecule has 5 amide bonds. The van der Waals surface area contributed by atoms with Crippen LogP contribution in [-0.2, 0) is 47.9 Å². The number of aliphatic hydroxyl groups is 2. The van der Waals surface area contributed by atoms with E-state index in [2.05, 4.69) is 38.2 Å². The van der Waals surface area contributed by atoms with Crippen LogP contribution in [0.25, 0.3) is 0 Å². The summed E-state index contributed by atoms with van der Waals surface area (Å²) in [5.41, 5.74) is 32.7. The van der Waals surface area contributed by atoms with Crippen molar-refractivity contribution in [3.8, 4) is 0 Å². The number of carboxylic acids is 1. The molecule has 19 N–H and O–H groups in total. The summed E-state index contributed by atoms with van der Waals surface area (Å²) in [6.45, 7) is 10.5. The Bertz CT molecular complexity index is 2010. The minimum absolute atomic E-state index is 0.0168. The van der Waals surface area contributed by atoms with Gasteiger partial charge in [0.05, 0.1) is 43.7 Å². The van der Waals surface area contributed by atoms with Crippen LogP contribution in [0, 0.1) is 29.6 Å². The molecule has 0 saturated carbocycles. The number of primary amides is 1. The summed E-state index contributed by atoms with van der Waals surface area (Å²) in [7, 11) is 0. The number of carbonyl (C=O) groups excluding carboxylic acids is 9. The first-order valence-corrected chi connectivity index (χ1v) is 30.6. The Hall–Kier alpha value is -6.08. The monoisotopic (exact) mass is 1190 g/mol. The quantitative estimate of drug-likeness (QED) is 0.0236. The summed E-state index contributed by atoms with van der Waals surface area (Å²) in [5.74, 6) is -9.18. The number of nitrogens with one attached hydrogen (secondary N) is 4. The number of nitrogens with zero attached hydrogens (tertiary/aromatic N) is 2. The van der Waals surface area contributed by atoms with Gasteiger partial charge >= 0.3 is 5.97 Å². The van der Waals surface area contributed by atoms with Crippen molar-refractivity contribution in [2.24, 2.45) is 74.0 Å². The Kier molecular flexibility index (Phi) is 46.9. The Balaban J connectivity index is 0. The van der Waals surface area contributed by atoms with Gasteiger partial charge < -0.3 is 71.0 Å². The second-order valence-corrected chi connectivity index (χ2v) is 22.5. The number of unbranched alkanes of at least 4 members (excludes halogenated alkanes) is 13. The summed E-state index contributed by atoms with van der Waals surface area (Å²) in [6.07, 6.45) is 17.2. The second-order valence-electron chi connectivity index (χ2n) is 22.5. The van der Waals surface area contributed by atoms with Crippen LogP contribution in [0.4, 0.5) is 0 Å². The van der Waals surface area contributed by atoms with Gasteiger partial charge in [0, 0.05) is 62.9 Å². The predicted octanol–water partition coefficient (Wildman–Crippen LogP) is 2.98. The lowest BCUT2D eigenvalue weighted by atomic mass is 9.87. The molecule has 484 valence electrons. The molecule has 0 spiro atoms.